The average molecular weight is 248 g/mol. The maximum atomic E-state index is 12.1. The van der Waals surface area contributed by atoms with Gasteiger partial charge in [-0.1, -0.05) is 6.07 Å². The Morgan fingerprint density at radius 1 is 1.38 bits per heavy atom. The van der Waals surface area contributed by atoms with Crippen molar-refractivity contribution in [3.05, 3.63) is 29.3 Å². The number of rotatable bonds is 3. The Morgan fingerprint density at radius 3 is 2.50 bits per heavy atom. The van der Waals surface area contributed by atoms with Gasteiger partial charge in [-0.15, -0.1) is 0 Å². The summed E-state index contributed by atoms with van der Waals surface area (Å²) < 4.78 is 36.4. The number of thioether (sulfide) groups is 1. The lowest BCUT2D eigenvalue weighted by molar-refractivity contribution is -0.116. The van der Waals surface area contributed by atoms with Crippen molar-refractivity contribution in [3.63, 3.8) is 0 Å². The van der Waals surface area contributed by atoms with Crippen LogP contribution in [0.5, 0.6) is 0 Å². The zero-order valence-corrected chi connectivity index (χ0v) is 9.71. The zero-order valence-electron chi connectivity index (χ0n) is 8.89. The van der Waals surface area contributed by atoms with E-state index in [0.29, 0.717) is 5.56 Å². The highest BCUT2D eigenvalue weighted by atomic mass is 32.2. The molecule has 0 radical (unpaired) electrons. The molecule has 0 aliphatic rings. The molecule has 0 saturated heterocycles. The van der Waals surface area contributed by atoms with Crippen LogP contribution >= 0.6 is 11.8 Å². The van der Waals surface area contributed by atoms with Crippen molar-refractivity contribution >= 4 is 17.5 Å². The maximum absolute atomic E-state index is 12.1. The van der Waals surface area contributed by atoms with E-state index in [1.54, 1.807) is 13.0 Å². The topological polar surface area (TPSA) is 17.1 Å². The Bertz CT molecular complexity index is 399. The second kappa shape index (κ2) is 4.91. The zero-order chi connectivity index (χ0) is 12.3. The molecule has 0 bridgehead atoms. The number of benzene rings is 1. The molecule has 0 aliphatic carbocycles. The molecule has 5 heteroatoms. The molecule has 0 aromatic heterocycles. The minimum Gasteiger partial charge on any atom is -0.300 e. The van der Waals surface area contributed by atoms with E-state index in [9.17, 15) is 18.0 Å². The Balaban J connectivity index is 2.93. The van der Waals surface area contributed by atoms with Gasteiger partial charge in [0, 0.05) is 11.3 Å². The molecular formula is C11H11F3OS. The molecule has 0 fully saturated rings. The molecule has 1 rings (SSSR count). The third-order valence-electron chi connectivity index (χ3n) is 1.99. The lowest BCUT2D eigenvalue weighted by Crippen LogP contribution is -2.02. The highest BCUT2D eigenvalue weighted by Crippen LogP contribution is 2.37. The molecular weight excluding hydrogens is 237 g/mol. The Kier molecular flexibility index (Phi) is 4.02. The summed E-state index contributed by atoms with van der Waals surface area (Å²) in [6.45, 7) is 3.20. The molecule has 1 aromatic rings. The van der Waals surface area contributed by atoms with Crippen molar-refractivity contribution in [2.75, 3.05) is 0 Å². The van der Waals surface area contributed by atoms with Gasteiger partial charge in [-0.05, 0) is 48.9 Å². The molecule has 0 atom stereocenters. The highest BCUT2D eigenvalue weighted by molar-refractivity contribution is 8.00. The van der Waals surface area contributed by atoms with Gasteiger partial charge in [-0.2, -0.15) is 13.2 Å². The predicted molar refractivity (Wildman–Crippen MR) is 57.5 cm³/mol. The van der Waals surface area contributed by atoms with Crippen molar-refractivity contribution < 1.29 is 18.0 Å². The maximum Gasteiger partial charge on any atom is 0.446 e. The van der Waals surface area contributed by atoms with Gasteiger partial charge in [0.15, 0.2) is 0 Å². The second-order valence-corrected chi connectivity index (χ2v) is 4.65. The number of alkyl halides is 3. The first-order chi connectivity index (χ1) is 7.28. The van der Waals surface area contributed by atoms with E-state index in [1.807, 2.05) is 0 Å². The SMILES string of the molecule is CC(=O)Cc1cc(SC(F)(F)F)ccc1C. The number of ketones is 1. The first-order valence-corrected chi connectivity index (χ1v) is 5.44. The van der Waals surface area contributed by atoms with E-state index in [0.717, 1.165) is 5.56 Å². The van der Waals surface area contributed by atoms with Gasteiger partial charge in [-0.25, -0.2) is 0 Å². The molecule has 0 N–H and O–H groups in total. The van der Waals surface area contributed by atoms with Crippen molar-refractivity contribution in [3.8, 4) is 0 Å². The van der Waals surface area contributed by atoms with Gasteiger partial charge in [0.2, 0.25) is 0 Å². The molecule has 0 unspecified atom stereocenters. The summed E-state index contributed by atoms with van der Waals surface area (Å²) in [7, 11) is 0. The van der Waals surface area contributed by atoms with Crippen LogP contribution in [0.4, 0.5) is 13.2 Å². The average Bonchev–Trinajstić information content (AvgIpc) is 2.07. The summed E-state index contributed by atoms with van der Waals surface area (Å²) in [4.78, 5) is 11.1. The van der Waals surface area contributed by atoms with E-state index in [1.165, 1.54) is 19.1 Å². The summed E-state index contributed by atoms with van der Waals surface area (Å²) in [6.07, 6.45) is 0.179. The van der Waals surface area contributed by atoms with Gasteiger partial charge in [0.05, 0.1) is 0 Å². The van der Waals surface area contributed by atoms with Crippen LogP contribution in [-0.2, 0) is 11.2 Å². The Morgan fingerprint density at radius 2 is 2.00 bits per heavy atom. The fraction of sp³-hybridized carbons (Fsp3) is 0.364. The first kappa shape index (κ1) is 13.1. The van der Waals surface area contributed by atoms with Crippen LogP contribution < -0.4 is 0 Å². The van der Waals surface area contributed by atoms with Crippen LogP contribution in [-0.4, -0.2) is 11.3 Å². The molecule has 0 heterocycles. The van der Waals surface area contributed by atoms with Crippen molar-refractivity contribution in [2.24, 2.45) is 0 Å². The Labute approximate surface area is 96.0 Å². The molecule has 0 aliphatic heterocycles. The van der Waals surface area contributed by atoms with Crippen LogP contribution in [0.25, 0.3) is 0 Å². The second-order valence-electron chi connectivity index (χ2n) is 3.51. The van der Waals surface area contributed by atoms with E-state index in [4.69, 9.17) is 0 Å². The highest BCUT2D eigenvalue weighted by Gasteiger charge is 2.29. The third-order valence-corrected chi connectivity index (χ3v) is 2.71. The van der Waals surface area contributed by atoms with Crippen LogP contribution in [0.2, 0.25) is 0 Å². The molecule has 0 saturated carbocycles. The molecule has 88 valence electrons. The number of hydrogen-bond acceptors (Lipinski definition) is 2. The standard InChI is InChI=1S/C11H11F3OS/c1-7-3-4-10(16-11(12,13)14)6-9(7)5-8(2)15/h3-4,6H,5H2,1-2H3. The summed E-state index contributed by atoms with van der Waals surface area (Å²) in [5.41, 5.74) is -2.80. The largest absolute Gasteiger partial charge is 0.446 e. The minimum absolute atomic E-state index is 0.0581. The number of Topliss-reactive ketones (excluding diaryl/α,β-unsaturated/α-hetero) is 1. The van der Waals surface area contributed by atoms with Gasteiger partial charge in [0.25, 0.3) is 0 Å². The minimum atomic E-state index is -4.29. The van der Waals surface area contributed by atoms with E-state index in [2.05, 4.69) is 0 Å². The summed E-state index contributed by atoms with van der Waals surface area (Å²) in [5.74, 6) is -0.0581. The van der Waals surface area contributed by atoms with E-state index < -0.39 is 5.51 Å². The summed E-state index contributed by atoms with van der Waals surface area (Å²) in [6, 6.07) is 4.44. The number of hydrogen-bond donors (Lipinski definition) is 0. The fourth-order valence-corrected chi connectivity index (χ4v) is 1.91. The van der Waals surface area contributed by atoms with Gasteiger partial charge < -0.3 is 0 Å². The molecule has 1 nitrogen and oxygen atoms in total. The number of carbonyl (C=O) groups excluding carboxylic acids is 1. The predicted octanol–water partition coefficient (Wildman–Crippen LogP) is 3.74. The summed E-state index contributed by atoms with van der Waals surface area (Å²) >= 11 is -0.161. The van der Waals surface area contributed by atoms with E-state index in [-0.39, 0.29) is 28.9 Å². The lowest BCUT2D eigenvalue weighted by Gasteiger charge is -2.09. The summed E-state index contributed by atoms with van der Waals surface area (Å²) in [5, 5.41) is 0. The van der Waals surface area contributed by atoms with Crippen molar-refractivity contribution in [1.29, 1.82) is 0 Å². The molecule has 0 amide bonds. The van der Waals surface area contributed by atoms with Crippen LogP contribution in [0, 0.1) is 6.92 Å². The third kappa shape index (κ3) is 4.26. The number of halogens is 3. The van der Waals surface area contributed by atoms with E-state index >= 15 is 0 Å². The van der Waals surface area contributed by atoms with Gasteiger partial charge in [0.1, 0.15) is 5.78 Å². The Hall–Kier alpha value is -0.970. The monoisotopic (exact) mass is 248 g/mol. The normalized spacial score (nSPS) is 11.6. The van der Waals surface area contributed by atoms with Crippen LogP contribution in [0.15, 0.2) is 23.1 Å². The quantitative estimate of drug-likeness (QED) is 0.758. The number of carbonyl (C=O) groups is 1. The van der Waals surface area contributed by atoms with Crippen molar-refractivity contribution in [1.82, 2.24) is 0 Å². The smallest absolute Gasteiger partial charge is 0.300 e. The lowest BCUT2D eigenvalue weighted by atomic mass is 10.0. The fourth-order valence-electron chi connectivity index (χ4n) is 1.30. The molecule has 0 spiro atoms. The first-order valence-electron chi connectivity index (χ1n) is 4.62. The molecule has 16 heavy (non-hydrogen) atoms. The number of aryl methyl sites for hydroxylation is 1. The van der Waals surface area contributed by atoms with Crippen LogP contribution in [0.1, 0.15) is 18.1 Å². The molecule has 1 aromatic carbocycles. The van der Waals surface area contributed by atoms with Crippen molar-refractivity contribution in [2.45, 2.75) is 30.7 Å². The van der Waals surface area contributed by atoms with Gasteiger partial charge >= 0.3 is 5.51 Å². The van der Waals surface area contributed by atoms with Crippen LogP contribution in [0.3, 0.4) is 0 Å². The van der Waals surface area contributed by atoms with Gasteiger partial charge in [-0.3, -0.25) is 4.79 Å².